The van der Waals surface area contributed by atoms with Crippen LogP contribution in [0.3, 0.4) is 0 Å². The molecule has 14 heavy (non-hydrogen) atoms. The van der Waals surface area contributed by atoms with Gasteiger partial charge in [0.15, 0.2) is 0 Å². The second-order valence-corrected chi connectivity index (χ2v) is 3.51. The quantitative estimate of drug-likeness (QED) is 0.719. The maximum Gasteiger partial charge on any atom is 0.138 e. The number of anilines is 1. The summed E-state index contributed by atoms with van der Waals surface area (Å²) in [5.41, 5.74) is 0.604. The first kappa shape index (κ1) is 10.4. The van der Waals surface area contributed by atoms with E-state index in [0.29, 0.717) is 5.69 Å². The summed E-state index contributed by atoms with van der Waals surface area (Å²) >= 11 is 0. The topological polar surface area (TPSA) is 56.0 Å². The average Bonchev–Trinajstić information content (AvgIpc) is 2.16. The number of benzene rings is 1. The number of phenolic OH excluding ortho intramolecular Hbond substituents is 1. The summed E-state index contributed by atoms with van der Waals surface area (Å²) in [5, 5.41) is 21.3. The molecule has 0 radical (unpaired) electrons. The molecule has 1 rings (SSSR count). The molecule has 3 heteroatoms. The maximum absolute atomic E-state index is 9.46. The third kappa shape index (κ3) is 2.40. The van der Waals surface area contributed by atoms with Crippen molar-refractivity contribution in [3.8, 4) is 11.8 Å². The number of para-hydroxylation sites is 2. The number of rotatable bonds is 3. The molecule has 2 N–H and O–H groups in total. The van der Waals surface area contributed by atoms with Crippen LogP contribution in [-0.2, 0) is 0 Å². The lowest BCUT2D eigenvalue weighted by Gasteiger charge is -2.16. The maximum atomic E-state index is 9.46. The van der Waals surface area contributed by atoms with Crippen LogP contribution in [-0.4, -0.2) is 11.1 Å². The first-order valence-corrected chi connectivity index (χ1v) is 4.59. The molecule has 0 spiro atoms. The molecule has 1 atom stereocenters. The average molecular weight is 190 g/mol. The fourth-order valence-corrected chi connectivity index (χ4v) is 1.11. The first-order valence-electron chi connectivity index (χ1n) is 4.59. The molecule has 0 amide bonds. The van der Waals surface area contributed by atoms with Crippen LogP contribution in [0.25, 0.3) is 0 Å². The first-order chi connectivity index (χ1) is 6.65. The number of nitriles is 1. The van der Waals surface area contributed by atoms with Gasteiger partial charge in [0.05, 0.1) is 11.8 Å². The molecule has 1 aromatic rings. The zero-order chi connectivity index (χ0) is 10.6. The standard InChI is InChI=1S/C11H14N2O/c1-8(2)10(7-12)13-9-5-3-4-6-11(9)14/h3-6,8,10,13-14H,1-2H3. The van der Waals surface area contributed by atoms with Gasteiger partial charge in [-0.2, -0.15) is 5.26 Å². The van der Waals surface area contributed by atoms with Crippen molar-refractivity contribution >= 4 is 5.69 Å². The second-order valence-electron chi connectivity index (χ2n) is 3.51. The van der Waals surface area contributed by atoms with E-state index in [2.05, 4.69) is 11.4 Å². The van der Waals surface area contributed by atoms with Gasteiger partial charge in [-0.25, -0.2) is 0 Å². The Balaban J connectivity index is 2.78. The Morgan fingerprint density at radius 2 is 2.00 bits per heavy atom. The minimum absolute atomic E-state index is 0.174. The van der Waals surface area contributed by atoms with Gasteiger partial charge in [0.25, 0.3) is 0 Å². The van der Waals surface area contributed by atoms with Crippen molar-refractivity contribution in [2.45, 2.75) is 19.9 Å². The van der Waals surface area contributed by atoms with Gasteiger partial charge in [0, 0.05) is 0 Å². The summed E-state index contributed by atoms with van der Waals surface area (Å²) in [6.07, 6.45) is 0. The van der Waals surface area contributed by atoms with Gasteiger partial charge in [-0.3, -0.25) is 0 Å². The van der Waals surface area contributed by atoms with Gasteiger partial charge in [0.2, 0.25) is 0 Å². The van der Waals surface area contributed by atoms with Crippen molar-refractivity contribution in [2.75, 3.05) is 5.32 Å². The summed E-state index contributed by atoms with van der Waals surface area (Å²) in [4.78, 5) is 0. The molecule has 0 aliphatic heterocycles. The highest BCUT2D eigenvalue weighted by Crippen LogP contribution is 2.23. The van der Waals surface area contributed by atoms with Gasteiger partial charge in [-0.15, -0.1) is 0 Å². The molecule has 1 unspecified atom stereocenters. The summed E-state index contributed by atoms with van der Waals surface area (Å²) < 4.78 is 0. The van der Waals surface area contributed by atoms with Crippen LogP contribution in [0.15, 0.2) is 24.3 Å². The van der Waals surface area contributed by atoms with Crippen LogP contribution in [0.5, 0.6) is 5.75 Å². The molecular weight excluding hydrogens is 176 g/mol. The number of nitrogens with zero attached hydrogens (tertiary/aromatic N) is 1. The highest BCUT2D eigenvalue weighted by molar-refractivity contribution is 5.56. The minimum atomic E-state index is -0.275. The minimum Gasteiger partial charge on any atom is -0.506 e. The molecule has 0 aromatic heterocycles. The van der Waals surface area contributed by atoms with Crippen molar-refractivity contribution in [2.24, 2.45) is 5.92 Å². The monoisotopic (exact) mass is 190 g/mol. The molecule has 0 saturated carbocycles. The van der Waals surface area contributed by atoms with Crippen molar-refractivity contribution in [1.82, 2.24) is 0 Å². The van der Waals surface area contributed by atoms with E-state index in [9.17, 15) is 5.11 Å². The third-order valence-electron chi connectivity index (χ3n) is 2.02. The Hall–Kier alpha value is -1.69. The van der Waals surface area contributed by atoms with E-state index < -0.39 is 0 Å². The molecule has 0 aliphatic rings. The SMILES string of the molecule is CC(C)C(C#N)Nc1ccccc1O. The second kappa shape index (κ2) is 4.52. The summed E-state index contributed by atoms with van der Waals surface area (Å²) in [7, 11) is 0. The number of aromatic hydroxyl groups is 1. The largest absolute Gasteiger partial charge is 0.506 e. The predicted octanol–water partition coefficient (Wildman–Crippen LogP) is 2.35. The predicted molar refractivity (Wildman–Crippen MR) is 56.0 cm³/mol. The van der Waals surface area contributed by atoms with Crippen LogP contribution >= 0.6 is 0 Å². The zero-order valence-electron chi connectivity index (χ0n) is 8.36. The van der Waals surface area contributed by atoms with Crippen LogP contribution < -0.4 is 5.32 Å². The summed E-state index contributed by atoms with van der Waals surface area (Å²) in [6, 6.07) is 8.79. The molecule has 0 aliphatic carbocycles. The Labute approximate surface area is 84.0 Å². The number of hydrogen-bond acceptors (Lipinski definition) is 3. The van der Waals surface area contributed by atoms with Crippen LogP contribution in [0.1, 0.15) is 13.8 Å². The molecule has 3 nitrogen and oxygen atoms in total. The van der Waals surface area contributed by atoms with Gasteiger partial charge in [0.1, 0.15) is 11.8 Å². The van der Waals surface area contributed by atoms with E-state index in [1.807, 2.05) is 19.9 Å². The van der Waals surface area contributed by atoms with E-state index in [-0.39, 0.29) is 17.7 Å². The summed E-state index contributed by atoms with van der Waals surface area (Å²) in [6.45, 7) is 3.92. The van der Waals surface area contributed by atoms with E-state index in [1.54, 1.807) is 18.2 Å². The molecule has 0 fully saturated rings. The number of hydrogen-bond donors (Lipinski definition) is 2. The Bertz CT molecular complexity index is 341. The lowest BCUT2D eigenvalue weighted by atomic mass is 10.1. The van der Waals surface area contributed by atoms with Gasteiger partial charge < -0.3 is 10.4 Å². The fourth-order valence-electron chi connectivity index (χ4n) is 1.11. The van der Waals surface area contributed by atoms with E-state index >= 15 is 0 Å². The molecule has 1 aromatic carbocycles. The Morgan fingerprint density at radius 1 is 1.36 bits per heavy atom. The van der Waals surface area contributed by atoms with Gasteiger partial charge in [-0.1, -0.05) is 26.0 Å². The highest BCUT2D eigenvalue weighted by atomic mass is 16.3. The number of phenols is 1. The number of nitrogens with one attached hydrogen (secondary N) is 1. The van der Waals surface area contributed by atoms with Crippen molar-refractivity contribution in [3.05, 3.63) is 24.3 Å². The van der Waals surface area contributed by atoms with E-state index in [0.717, 1.165) is 0 Å². The fraction of sp³-hybridized carbons (Fsp3) is 0.364. The Kier molecular flexibility index (Phi) is 3.35. The van der Waals surface area contributed by atoms with Gasteiger partial charge in [-0.05, 0) is 18.1 Å². The van der Waals surface area contributed by atoms with Crippen LogP contribution in [0.4, 0.5) is 5.69 Å². The van der Waals surface area contributed by atoms with E-state index in [4.69, 9.17) is 5.26 Å². The molecule has 0 bridgehead atoms. The van der Waals surface area contributed by atoms with Crippen molar-refractivity contribution in [3.63, 3.8) is 0 Å². The smallest absolute Gasteiger partial charge is 0.138 e. The summed E-state index contributed by atoms with van der Waals surface area (Å²) in [5.74, 6) is 0.382. The van der Waals surface area contributed by atoms with Crippen LogP contribution in [0.2, 0.25) is 0 Å². The molecule has 74 valence electrons. The molecular formula is C11H14N2O. The third-order valence-corrected chi connectivity index (χ3v) is 2.02. The normalized spacial score (nSPS) is 12.1. The zero-order valence-corrected chi connectivity index (χ0v) is 8.36. The lowest BCUT2D eigenvalue weighted by Crippen LogP contribution is -2.23. The van der Waals surface area contributed by atoms with Crippen molar-refractivity contribution in [1.29, 1.82) is 5.26 Å². The van der Waals surface area contributed by atoms with Gasteiger partial charge >= 0.3 is 0 Å². The highest BCUT2D eigenvalue weighted by Gasteiger charge is 2.12. The lowest BCUT2D eigenvalue weighted by molar-refractivity contribution is 0.475. The van der Waals surface area contributed by atoms with Crippen molar-refractivity contribution < 1.29 is 5.11 Å². The van der Waals surface area contributed by atoms with Crippen LogP contribution in [0, 0.1) is 17.2 Å². The van der Waals surface area contributed by atoms with E-state index in [1.165, 1.54) is 0 Å². The Morgan fingerprint density at radius 3 is 2.50 bits per heavy atom. The molecule has 0 saturated heterocycles. The molecule has 0 heterocycles.